The molecule has 148 valence electrons. The van der Waals surface area contributed by atoms with Crippen molar-refractivity contribution in [2.45, 2.75) is 53.6 Å². The summed E-state index contributed by atoms with van der Waals surface area (Å²) in [6.07, 6.45) is 2.79. The molecule has 1 aliphatic heterocycles. The summed E-state index contributed by atoms with van der Waals surface area (Å²) in [7, 11) is 0. The third kappa shape index (κ3) is 3.24. The number of carbonyl (C=O) groups is 2. The number of anilines is 1. The highest BCUT2D eigenvalue weighted by Crippen LogP contribution is 2.45. The molecule has 1 aromatic heterocycles. The number of hydrogen-bond donors (Lipinski definition) is 0. The molecule has 0 saturated heterocycles. The number of nitrogens with zero attached hydrogens (tertiary/aromatic N) is 1. The van der Waals surface area contributed by atoms with E-state index in [9.17, 15) is 14.0 Å². The molecule has 0 atom stereocenters. The van der Waals surface area contributed by atoms with Crippen LogP contribution in [0.3, 0.4) is 0 Å². The molecule has 0 N–H and O–H groups in total. The molecule has 0 unspecified atom stereocenters. The van der Waals surface area contributed by atoms with Gasteiger partial charge in [-0.2, -0.15) is 0 Å². The van der Waals surface area contributed by atoms with Gasteiger partial charge >= 0.3 is 5.97 Å². The van der Waals surface area contributed by atoms with Crippen molar-refractivity contribution in [3.63, 3.8) is 0 Å². The van der Waals surface area contributed by atoms with Crippen LogP contribution in [0.4, 0.5) is 10.1 Å². The number of thiophene rings is 1. The molecular weight excluding hydrogens is 377 g/mol. The van der Waals surface area contributed by atoms with E-state index < -0.39 is 11.8 Å². The van der Waals surface area contributed by atoms with Crippen molar-refractivity contribution in [2.24, 2.45) is 5.41 Å². The fraction of sp³-hybridized carbons (Fsp3) is 0.455. The third-order valence-electron chi connectivity index (χ3n) is 5.64. The van der Waals surface area contributed by atoms with E-state index in [1.807, 2.05) is 0 Å². The van der Waals surface area contributed by atoms with Gasteiger partial charge in [0.2, 0.25) is 0 Å². The molecule has 4 nitrogen and oxygen atoms in total. The predicted octanol–water partition coefficient (Wildman–Crippen LogP) is 4.59. The first-order chi connectivity index (χ1) is 13.2. The Bertz CT molecular complexity index is 992. The summed E-state index contributed by atoms with van der Waals surface area (Å²) in [6, 6.07) is 2.78. The molecule has 1 aromatic carbocycles. The largest absolute Gasteiger partial charge is 0.461 e. The van der Waals surface area contributed by atoms with Crippen molar-refractivity contribution >= 4 is 28.9 Å². The van der Waals surface area contributed by atoms with Gasteiger partial charge in [-0.15, -0.1) is 11.3 Å². The Labute approximate surface area is 168 Å². The first kappa shape index (κ1) is 19.1. The van der Waals surface area contributed by atoms with Crippen LogP contribution in [0.15, 0.2) is 12.1 Å². The fourth-order valence-corrected chi connectivity index (χ4v) is 5.92. The number of aryl methyl sites for hydroxylation is 1. The number of amides is 1. The number of ether oxygens (including phenoxy) is 1. The zero-order chi connectivity index (χ0) is 20.2. The highest BCUT2D eigenvalue weighted by Gasteiger charge is 2.38. The quantitative estimate of drug-likeness (QED) is 0.707. The van der Waals surface area contributed by atoms with Gasteiger partial charge in [0.05, 0.1) is 10.6 Å². The van der Waals surface area contributed by atoms with Gasteiger partial charge in [0.15, 0.2) is 0 Å². The van der Waals surface area contributed by atoms with Crippen LogP contribution >= 0.6 is 11.3 Å². The molecule has 28 heavy (non-hydrogen) atoms. The Balaban J connectivity index is 1.71. The van der Waals surface area contributed by atoms with Crippen LogP contribution in [0.2, 0.25) is 0 Å². The lowest BCUT2D eigenvalue weighted by Gasteiger charge is -2.30. The van der Waals surface area contributed by atoms with Gasteiger partial charge in [-0.1, -0.05) is 13.8 Å². The van der Waals surface area contributed by atoms with E-state index in [-0.39, 0.29) is 17.9 Å². The molecule has 0 bridgehead atoms. The molecule has 0 fully saturated rings. The monoisotopic (exact) mass is 401 g/mol. The van der Waals surface area contributed by atoms with Crippen LogP contribution in [0.25, 0.3) is 0 Å². The van der Waals surface area contributed by atoms with Crippen LogP contribution in [-0.4, -0.2) is 18.4 Å². The maximum Gasteiger partial charge on any atom is 0.302 e. The Kier molecular flexibility index (Phi) is 4.57. The number of halogens is 1. The molecular formula is C22H24FNO3S. The highest BCUT2D eigenvalue weighted by molar-refractivity contribution is 7.14. The van der Waals surface area contributed by atoms with E-state index >= 15 is 0 Å². The number of hydrogen-bond acceptors (Lipinski definition) is 4. The number of fused-ring (bicyclic) bond motifs is 3. The normalized spacial score (nSPS) is 17.5. The van der Waals surface area contributed by atoms with Gasteiger partial charge in [0.1, 0.15) is 12.4 Å². The average molecular weight is 402 g/mol. The van der Waals surface area contributed by atoms with E-state index in [2.05, 4.69) is 13.8 Å². The first-order valence-electron chi connectivity index (χ1n) is 9.54. The van der Waals surface area contributed by atoms with Crippen LogP contribution in [0.5, 0.6) is 0 Å². The minimum Gasteiger partial charge on any atom is -0.461 e. The van der Waals surface area contributed by atoms with Crippen molar-refractivity contribution in [3.8, 4) is 0 Å². The number of esters is 1. The SMILES string of the molecule is CC(=O)OCc1c(C)cc(F)cc1N1CCc2c(sc3c2CC(C)(C)C3)C1=O. The van der Waals surface area contributed by atoms with E-state index in [1.54, 1.807) is 23.2 Å². The van der Waals surface area contributed by atoms with Crippen LogP contribution < -0.4 is 4.90 Å². The molecule has 6 heteroatoms. The molecule has 2 heterocycles. The Morgan fingerprint density at radius 3 is 2.75 bits per heavy atom. The molecule has 0 saturated carbocycles. The summed E-state index contributed by atoms with van der Waals surface area (Å²) in [5.41, 5.74) is 4.65. The van der Waals surface area contributed by atoms with Gasteiger partial charge in [-0.05, 0) is 60.4 Å². The first-order valence-corrected chi connectivity index (χ1v) is 10.4. The summed E-state index contributed by atoms with van der Waals surface area (Å²) in [4.78, 5) is 28.3. The standard InChI is InChI=1S/C22H24FNO3S/c1-12-7-14(23)8-18(17(12)11-27-13(2)25)24-6-5-15-16-9-22(3,4)10-19(16)28-20(15)21(24)26/h7-8H,5-6,9-11H2,1-4H3. The molecule has 0 spiro atoms. The van der Waals surface area contributed by atoms with Gasteiger partial charge in [0, 0.05) is 23.9 Å². The van der Waals surface area contributed by atoms with Gasteiger partial charge in [-0.3, -0.25) is 9.59 Å². The molecule has 2 aromatic rings. The maximum absolute atomic E-state index is 14.2. The summed E-state index contributed by atoms with van der Waals surface area (Å²) in [6.45, 7) is 8.17. The maximum atomic E-state index is 14.2. The summed E-state index contributed by atoms with van der Waals surface area (Å²) in [5, 5.41) is 0. The van der Waals surface area contributed by atoms with Crippen molar-refractivity contribution in [3.05, 3.63) is 50.0 Å². The minimum absolute atomic E-state index is 0.0303. The zero-order valence-electron chi connectivity index (χ0n) is 16.6. The van der Waals surface area contributed by atoms with Crippen LogP contribution in [0, 0.1) is 18.2 Å². The van der Waals surface area contributed by atoms with E-state index in [1.165, 1.54) is 35.1 Å². The smallest absolute Gasteiger partial charge is 0.302 e. The third-order valence-corrected chi connectivity index (χ3v) is 6.91. The van der Waals surface area contributed by atoms with Gasteiger partial charge in [0.25, 0.3) is 5.91 Å². The molecule has 4 rings (SSSR count). The lowest BCUT2D eigenvalue weighted by molar-refractivity contribution is -0.142. The zero-order valence-corrected chi connectivity index (χ0v) is 17.5. The second-order valence-corrected chi connectivity index (χ2v) is 9.64. The highest BCUT2D eigenvalue weighted by atomic mass is 32.1. The van der Waals surface area contributed by atoms with Gasteiger partial charge in [-0.25, -0.2) is 4.39 Å². The minimum atomic E-state index is -0.403. The molecule has 2 aliphatic rings. The molecule has 1 amide bonds. The van der Waals surface area contributed by atoms with Crippen molar-refractivity contribution < 1.29 is 18.7 Å². The Hall–Kier alpha value is -2.21. The lowest BCUT2D eigenvalue weighted by atomic mass is 9.89. The van der Waals surface area contributed by atoms with Crippen molar-refractivity contribution in [1.29, 1.82) is 0 Å². The lowest BCUT2D eigenvalue weighted by Crippen LogP contribution is -2.38. The number of rotatable bonds is 3. The second-order valence-electron chi connectivity index (χ2n) is 8.54. The fourth-order valence-electron chi connectivity index (χ4n) is 4.35. The van der Waals surface area contributed by atoms with E-state index in [0.717, 1.165) is 24.1 Å². The van der Waals surface area contributed by atoms with Crippen molar-refractivity contribution in [2.75, 3.05) is 11.4 Å². The number of benzene rings is 1. The number of carbonyl (C=O) groups excluding carboxylic acids is 2. The van der Waals surface area contributed by atoms with Crippen LogP contribution in [-0.2, 0) is 35.4 Å². The van der Waals surface area contributed by atoms with Gasteiger partial charge < -0.3 is 9.64 Å². The second kappa shape index (κ2) is 6.69. The van der Waals surface area contributed by atoms with E-state index in [4.69, 9.17) is 4.74 Å². The van der Waals surface area contributed by atoms with E-state index in [0.29, 0.717) is 23.4 Å². The molecule has 0 radical (unpaired) electrons. The topological polar surface area (TPSA) is 46.6 Å². The van der Waals surface area contributed by atoms with Crippen molar-refractivity contribution in [1.82, 2.24) is 0 Å². The summed E-state index contributed by atoms with van der Waals surface area (Å²) >= 11 is 1.60. The van der Waals surface area contributed by atoms with Crippen LogP contribution in [0.1, 0.15) is 57.6 Å². The summed E-state index contributed by atoms with van der Waals surface area (Å²) < 4.78 is 19.3. The Morgan fingerprint density at radius 2 is 2.04 bits per heavy atom. The summed E-state index contributed by atoms with van der Waals surface area (Å²) in [5.74, 6) is -0.875. The Morgan fingerprint density at radius 1 is 1.29 bits per heavy atom. The molecule has 1 aliphatic carbocycles. The average Bonchev–Trinajstić information content (AvgIpc) is 3.06. The predicted molar refractivity (Wildman–Crippen MR) is 107 cm³/mol.